The highest BCUT2D eigenvalue weighted by atomic mass is 32.2. The maximum absolute atomic E-state index is 13.7. The minimum absolute atomic E-state index is 0.0589. The van der Waals surface area contributed by atoms with E-state index in [4.69, 9.17) is 9.47 Å². The molecule has 0 aliphatic heterocycles. The van der Waals surface area contributed by atoms with Crippen molar-refractivity contribution in [2.24, 2.45) is 28.6 Å². The third-order valence-corrected chi connectivity index (χ3v) is 10.0. The number of allylic oxidation sites excluding steroid dienone is 1. The number of aliphatic hydroxyl groups is 1. The molecule has 0 heterocycles. The van der Waals surface area contributed by atoms with Crippen molar-refractivity contribution in [2.45, 2.75) is 90.3 Å². The number of fused-ring (bicyclic) bond motifs is 5. The highest BCUT2D eigenvalue weighted by molar-refractivity contribution is 7.98. The fourth-order valence-corrected chi connectivity index (χ4v) is 8.39. The molecule has 4 aliphatic rings. The zero-order valence-electron chi connectivity index (χ0n) is 21.1. The summed E-state index contributed by atoms with van der Waals surface area (Å²) in [6.07, 6.45) is 8.82. The average Bonchev–Trinajstić information content (AvgIpc) is 3.06. The van der Waals surface area contributed by atoms with Gasteiger partial charge in [-0.3, -0.25) is 14.4 Å². The number of esters is 1. The van der Waals surface area contributed by atoms with Gasteiger partial charge in [-0.1, -0.05) is 26.3 Å². The van der Waals surface area contributed by atoms with Gasteiger partial charge in [0.25, 0.3) is 0 Å². The molecule has 6 nitrogen and oxygen atoms in total. The van der Waals surface area contributed by atoms with Crippen molar-refractivity contribution in [1.82, 2.24) is 0 Å². The molecule has 0 bridgehead atoms. The van der Waals surface area contributed by atoms with E-state index in [0.29, 0.717) is 31.6 Å². The third-order valence-electron chi connectivity index (χ3n) is 9.64. The highest BCUT2D eigenvalue weighted by Crippen LogP contribution is 2.68. The number of thioether (sulfide) groups is 1. The van der Waals surface area contributed by atoms with Gasteiger partial charge in [0.2, 0.25) is 5.78 Å². The van der Waals surface area contributed by atoms with E-state index in [9.17, 15) is 19.5 Å². The van der Waals surface area contributed by atoms with Gasteiger partial charge in [0, 0.05) is 18.3 Å². The smallest absolute Gasteiger partial charge is 0.306 e. The number of carbonyl (C=O) groups excluding carboxylic acids is 3. The third kappa shape index (κ3) is 4.00. The second-order valence-corrected chi connectivity index (χ2v) is 12.2. The van der Waals surface area contributed by atoms with E-state index in [1.807, 2.05) is 19.3 Å². The summed E-state index contributed by atoms with van der Waals surface area (Å²) in [6, 6.07) is 0. The molecule has 1 N–H and O–H groups in total. The number of carbonyl (C=O) groups is 3. The molecule has 4 aliphatic carbocycles. The summed E-state index contributed by atoms with van der Waals surface area (Å²) < 4.78 is 11.7. The first-order chi connectivity index (χ1) is 16.1. The van der Waals surface area contributed by atoms with Crippen LogP contribution in [0.25, 0.3) is 0 Å². The predicted octanol–water partition coefficient (Wildman–Crippen LogP) is 4.48. The van der Waals surface area contributed by atoms with Gasteiger partial charge in [-0.05, 0) is 80.4 Å². The van der Waals surface area contributed by atoms with Crippen molar-refractivity contribution in [3.63, 3.8) is 0 Å². The van der Waals surface area contributed by atoms with Crippen LogP contribution in [-0.2, 0) is 23.9 Å². The lowest BCUT2D eigenvalue weighted by molar-refractivity contribution is -0.202. The standard InChI is InChI=1S/C27H40O6S/c1-5-6-23(31)33-27(22(30)15-32-16-34-4)12-10-20-19-8-7-17-13-18(28)9-11-25(17,2)24(19)21(29)14-26(20,27)3/h13,19-21,24,29H,5-12,14-16H2,1-4H3/t19-,20-,21-,24+,25-,26-,27-/m0/s1. The van der Waals surface area contributed by atoms with Crippen LogP contribution in [0, 0.1) is 28.6 Å². The number of Topliss-reactive ketones (excluding diaryl/α,β-unsaturated/α-hetero) is 1. The van der Waals surface area contributed by atoms with Gasteiger partial charge in [-0.2, -0.15) is 0 Å². The van der Waals surface area contributed by atoms with Crippen LogP contribution in [0.1, 0.15) is 78.6 Å². The van der Waals surface area contributed by atoms with Crippen LogP contribution in [0.2, 0.25) is 0 Å². The Balaban J connectivity index is 1.69. The van der Waals surface area contributed by atoms with Crippen LogP contribution in [0.4, 0.5) is 0 Å². The minimum atomic E-state index is -1.26. The lowest BCUT2D eigenvalue weighted by Gasteiger charge is -2.60. The monoisotopic (exact) mass is 492 g/mol. The topological polar surface area (TPSA) is 89.9 Å². The van der Waals surface area contributed by atoms with Crippen molar-refractivity contribution in [3.8, 4) is 0 Å². The van der Waals surface area contributed by atoms with Gasteiger partial charge >= 0.3 is 5.97 Å². The number of aliphatic hydroxyl groups excluding tert-OH is 1. The van der Waals surface area contributed by atoms with Crippen LogP contribution >= 0.6 is 11.8 Å². The molecule has 7 atom stereocenters. The van der Waals surface area contributed by atoms with Gasteiger partial charge in [-0.15, -0.1) is 11.8 Å². The van der Waals surface area contributed by atoms with E-state index in [1.54, 1.807) is 0 Å². The molecule has 0 saturated heterocycles. The van der Waals surface area contributed by atoms with Crippen LogP contribution in [0.15, 0.2) is 11.6 Å². The van der Waals surface area contributed by atoms with Gasteiger partial charge in [-0.25, -0.2) is 0 Å². The van der Waals surface area contributed by atoms with Gasteiger partial charge in [0.15, 0.2) is 11.4 Å². The summed E-state index contributed by atoms with van der Waals surface area (Å²) in [5.41, 5.74) is -0.896. The summed E-state index contributed by atoms with van der Waals surface area (Å²) in [4.78, 5) is 38.6. The van der Waals surface area contributed by atoms with Crippen molar-refractivity contribution in [1.29, 1.82) is 0 Å². The zero-order chi connectivity index (χ0) is 24.7. The van der Waals surface area contributed by atoms with Crippen LogP contribution in [-0.4, -0.2) is 53.1 Å². The van der Waals surface area contributed by atoms with Crippen molar-refractivity contribution in [3.05, 3.63) is 11.6 Å². The van der Waals surface area contributed by atoms with Crippen molar-refractivity contribution < 1.29 is 29.0 Å². The number of hydrogen-bond acceptors (Lipinski definition) is 7. The molecular weight excluding hydrogens is 452 g/mol. The van der Waals surface area contributed by atoms with E-state index in [2.05, 4.69) is 13.8 Å². The lowest BCUT2D eigenvalue weighted by Crippen LogP contribution is -2.63. The maximum Gasteiger partial charge on any atom is 0.306 e. The molecule has 7 heteroatoms. The first-order valence-electron chi connectivity index (χ1n) is 12.9. The first-order valence-corrected chi connectivity index (χ1v) is 14.3. The first kappa shape index (κ1) is 25.9. The summed E-state index contributed by atoms with van der Waals surface area (Å²) in [5, 5.41) is 11.7. The Morgan fingerprint density at radius 3 is 2.68 bits per heavy atom. The Kier molecular flexibility index (Phi) is 7.39. The molecule has 0 amide bonds. The summed E-state index contributed by atoms with van der Waals surface area (Å²) in [6.45, 7) is 6.13. The molecule has 0 unspecified atom stereocenters. The molecule has 34 heavy (non-hydrogen) atoms. The largest absolute Gasteiger partial charge is 0.450 e. The number of ether oxygens (including phenoxy) is 2. The molecule has 0 aromatic rings. The van der Waals surface area contributed by atoms with E-state index >= 15 is 0 Å². The van der Waals surface area contributed by atoms with Gasteiger partial charge in [0.1, 0.15) is 6.61 Å². The fourth-order valence-electron chi connectivity index (χ4n) is 8.14. The Morgan fingerprint density at radius 2 is 1.97 bits per heavy atom. The number of rotatable bonds is 8. The second kappa shape index (κ2) is 9.70. The minimum Gasteiger partial charge on any atom is -0.450 e. The summed E-state index contributed by atoms with van der Waals surface area (Å²) in [5.74, 6) is 0.554. The van der Waals surface area contributed by atoms with Crippen LogP contribution < -0.4 is 0 Å². The maximum atomic E-state index is 13.7. The molecule has 0 spiro atoms. The average molecular weight is 493 g/mol. The highest BCUT2D eigenvalue weighted by Gasteiger charge is 2.70. The molecule has 0 radical (unpaired) electrons. The predicted molar refractivity (Wildman–Crippen MR) is 131 cm³/mol. The van der Waals surface area contributed by atoms with E-state index < -0.39 is 17.1 Å². The molecule has 4 rings (SSSR count). The van der Waals surface area contributed by atoms with Crippen molar-refractivity contribution >= 4 is 29.3 Å². The lowest BCUT2D eigenvalue weighted by atomic mass is 9.45. The molecule has 3 saturated carbocycles. The molecule has 0 aromatic heterocycles. The fraction of sp³-hybridized carbons (Fsp3) is 0.815. The normalized spacial score (nSPS) is 41.2. The Hall–Kier alpha value is -1.18. The SMILES string of the molecule is CCCC(=O)O[C@]1(C(=O)COCSC)CC[C@H]2[C@@H]3CCC4=CC(=O)CC[C@]4(C)[C@H]3[C@@H](O)C[C@@]21C. The van der Waals surface area contributed by atoms with Gasteiger partial charge in [0.05, 0.1) is 12.0 Å². The second-order valence-electron chi connectivity index (χ2n) is 11.3. The molecular formula is C27H40O6S. The molecule has 0 aromatic carbocycles. The van der Waals surface area contributed by atoms with E-state index in [-0.39, 0.29) is 53.7 Å². The number of ketones is 2. The Bertz CT molecular complexity index is 869. The Labute approximate surface area is 207 Å². The quantitative estimate of drug-likeness (QED) is 0.304. The number of hydrogen-bond donors (Lipinski definition) is 1. The van der Waals surface area contributed by atoms with Crippen LogP contribution in [0.3, 0.4) is 0 Å². The van der Waals surface area contributed by atoms with E-state index in [1.165, 1.54) is 17.3 Å². The summed E-state index contributed by atoms with van der Waals surface area (Å²) >= 11 is 1.50. The van der Waals surface area contributed by atoms with Crippen LogP contribution in [0.5, 0.6) is 0 Å². The van der Waals surface area contributed by atoms with Crippen molar-refractivity contribution in [2.75, 3.05) is 18.8 Å². The summed E-state index contributed by atoms with van der Waals surface area (Å²) in [7, 11) is 0. The molecule has 3 fully saturated rings. The molecule has 190 valence electrons. The zero-order valence-corrected chi connectivity index (χ0v) is 21.9. The Morgan fingerprint density at radius 1 is 1.21 bits per heavy atom. The van der Waals surface area contributed by atoms with E-state index in [0.717, 1.165) is 25.7 Å². The van der Waals surface area contributed by atoms with Gasteiger partial charge < -0.3 is 14.6 Å².